The average molecular weight is 441 g/mol. The summed E-state index contributed by atoms with van der Waals surface area (Å²) in [6, 6.07) is 15.4. The maximum absolute atomic E-state index is 12.6. The highest BCUT2D eigenvalue weighted by Crippen LogP contribution is 2.05. The van der Waals surface area contributed by atoms with E-state index in [4.69, 9.17) is 10.8 Å². The standard InChI is InChI=1S/C23H28N4O5/c1-15(26-22(31)18(24)12-16-8-4-2-5-9-16)21(30)27-19(23(32)25-14-20(28)29)13-17-10-6-3-7-11-17/h2-11,15,18-19H,12-14,24H2,1H3,(H,25,32)(H,26,31)(H,27,30)(H,28,29). The van der Waals surface area contributed by atoms with Crippen molar-refractivity contribution in [3.63, 3.8) is 0 Å². The highest BCUT2D eigenvalue weighted by Gasteiger charge is 2.26. The quantitative estimate of drug-likeness (QED) is 0.332. The molecule has 6 N–H and O–H groups in total. The van der Waals surface area contributed by atoms with Crippen molar-refractivity contribution < 1.29 is 24.3 Å². The van der Waals surface area contributed by atoms with Crippen LogP contribution in [0, 0.1) is 0 Å². The predicted molar refractivity (Wildman–Crippen MR) is 118 cm³/mol. The Morgan fingerprint density at radius 2 is 1.34 bits per heavy atom. The van der Waals surface area contributed by atoms with E-state index in [1.165, 1.54) is 6.92 Å². The first kappa shape index (κ1) is 24.5. The summed E-state index contributed by atoms with van der Waals surface area (Å²) in [5.74, 6) is -2.91. The molecule has 3 unspecified atom stereocenters. The average Bonchev–Trinajstić information content (AvgIpc) is 2.78. The fourth-order valence-electron chi connectivity index (χ4n) is 2.99. The Kier molecular flexibility index (Phi) is 9.37. The Hall–Kier alpha value is -3.72. The zero-order valence-corrected chi connectivity index (χ0v) is 17.8. The van der Waals surface area contributed by atoms with Crippen LogP contribution in [-0.4, -0.2) is 53.5 Å². The molecule has 0 aliphatic rings. The van der Waals surface area contributed by atoms with Gasteiger partial charge in [-0.2, -0.15) is 0 Å². The van der Waals surface area contributed by atoms with E-state index in [-0.39, 0.29) is 6.42 Å². The minimum Gasteiger partial charge on any atom is -0.480 e. The second kappa shape index (κ2) is 12.2. The van der Waals surface area contributed by atoms with Crippen molar-refractivity contribution in [3.05, 3.63) is 71.8 Å². The van der Waals surface area contributed by atoms with Gasteiger partial charge in [0.15, 0.2) is 0 Å². The maximum atomic E-state index is 12.6. The summed E-state index contributed by atoms with van der Waals surface area (Å²) >= 11 is 0. The van der Waals surface area contributed by atoms with Crippen LogP contribution in [0.15, 0.2) is 60.7 Å². The Morgan fingerprint density at radius 3 is 1.88 bits per heavy atom. The number of hydrogen-bond donors (Lipinski definition) is 5. The minimum atomic E-state index is -1.20. The number of benzene rings is 2. The first-order chi connectivity index (χ1) is 15.3. The molecule has 9 nitrogen and oxygen atoms in total. The summed E-state index contributed by atoms with van der Waals surface area (Å²) in [4.78, 5) is 48.2. The van der Waals surface area contributed by atoms with Gasteiger partial charge in [-0.1, -0.05) is 60.7 Å². The first-order valence-electron chi connectivity index (χ1n) is 10.2. The van der Waals surface area contributed by atoms with Gasteiger partial charge < -0.3 is 26.8 Å². The van der Waals surface area contributed by atoms with Gasteiger partial charge in [0.2, 0.25) is 17.7 Å². The topological polar surface area (TPSA) is 151 Å². The maximum Gasteiger partial charge on any atom is 0.322 e. The summed E-state index contributed by atoms with van der Waals surface area (Å²) in [6.45, 7) is 0.915. The van der Waals surface area contributed by atoms with E-state index in [0.29, 0.717) is 6.42 Å². The fraction of sp³-hybridized carbons (Fsp3) is 0.304. The number of hydrogen-bond acceptors (Lipinski definition) is 5. The number of aliphatic carboxylic acids is 1. The third-order valence-electron chi connectivity index (χ3n) is 4.72. The first-order valence-corrected chi connectivity index (χ1v) is 10.2. The molecule has 0 spiro atoms. The zero-order chi connectivity index (χ0) is 23.5. The van der Waals surface area contributed by atoms with Crippen molar-refractivity contribution in [3.8, 4) is 0 Å². The number of nitrogens with two attached hydrogens (primary N) is 1. The summed E-state index contributed by atoms with van der Waals surface area (Å²) in [6.07, 6.45) is 0.474. The molecule has 0 aliphatic carbocycles. The molecule has 2 aromatic rings. The number of carbonyl (C=O) groups excluding carboxylic acids is 3. The Balaban J connectivity index is 1.97. The van der Waals surface area contributed by atoms with E-state index < -0.39 is 48.4 Å². The van der Waals surface area contributed by atoms with Crippen molar-refractivity contribution >= 4 is 23.7 Å². The molecule has 3 amide bonds. The molecular weight excluding hydrogens is 412 g/mol. The predicted octanol–water partition coefficient (Wildman–Crippen LogP) is -0.0106. The Morgan fingerprint density at radius 1 is 0.812 bits per heavy atom. The number of carboxylic acids is 1. The van der Waals surface area contributed by atoms with Crippen LogP contribution < -0.4 is 21.7 Å². The van der Waals surface area contributed by atoms with Gasteiger partial charge in [0.1, 0.15) is 18.6 Å². The molecule has 0 saturated carbocycles. The number of amides is 3. The Bertz CT molecular complexity index is 920. The van der Waals surface area contributed by atoms with Crippen molar-refractivity contribution in [2.45, 2.75) is 37.9 Å². The van der Waals surface area contributed by atoms with Crippen LogP contribution in [0.25, 0.3) is 0 Å². The van der Waals surface area contributed by atoms with Crippen LogP contribution >= 0.6 is 0 Å². The van der Waals surface area contributed by atoms with Gasteiger partial charge in [0.25, 0.3) is 0 Å². The fourth-order valence-corrected chi connectivity index (χ4v) is 2.99. The van der Waals surface area contributed by atoms with E-state index in [0.717, 1.165) is 11.1 Å². The number of carbonyl (C=O) groups is 4. The van der Waals surface area contributed by atoms with Gasteiger partial charge in [0, 0.05) is 6.42 Å². The van der Waals surface area contributed by atoms with Gasteiger partial charge in [-0.3, -0.25) is 19.2 Å². The van der Waals surface area contributed by atoms with Crippen molar-refractivity contribution in [1.29, 1.82) is 0 Å². The molecular formula is C23H28N4O5. The van der Waals surface area contributed by atoms with E-state index in [2.05, 4.69) is 16.0 Å². The molecule has 0 bridgehead atoms. The minimum absolute atomic E-state index is 0.159. The molecule has 0 heterocycles. The molecule has 170 valence electrons. The lowest BCUT2D eigenvalue weighted by Gasteiger charge is -2.22. The van der Waals surface area contributed by atoms with Crippen LogP contribution in [0.5, 0.6) is 0 Å². The van der Waals surface area contributed by atoms with Crippen LogP contribution in [0.1, 0.15) is 18.1 Å². The lowest BCUT2D eigenvalue weighted by molar-refractivity contribution is -0.138. The molecule has 0 fully saturated rings. The monoisotopic (exact) mass is 440 g/mol. The SMILES string of the molecule is CC(NC(=O)C(N)Cc1ccccc1)C(=O)NC(Cc1ccccc1)C(=O)NCC(=O)O. The van der Waals surface area contributed by atoms with Crippen molar-refractivity contribution in [2.75, 3.05) is 6.54 Å². The van der Waals surface area contributed by atoms with Gasteiger partial charge in [-0.15, -0.1) is 0 Å². The van der Waals surface area contributed by atoms with Gasteiger partial charge in [-0.05, 0) is 24.5 Å². The van der Waals surface area contributed by atoms with Crippen LogP contribution in [0.3, 0.4) is 0 Å². The lowest BCUT2D eigenvalue weighted by Crippen LogP contribution is -2.55. The summed E-state index contributed by atoms with van der Waals surface area (Å²) in [7, 11) is 0. The zero-order valence-electron chi connectivity index (χ0n) is 17.8. The van der Waals surface area contributed by atoms with E-state index >= 15 is 0 Å². The third kappa shape index (κ3) is 8.19. The normalized spacial score (nSPS) is 13.3. The molecule has 0 radical (unpaired) electrons. The number of rotatable bonds is 11. The summed E-state index contributed by atoms with van der Waals surface area (Å²) in [5.41, 5.74) is 7.63. The molecule has 0 aliphatic heterocycles. The molecule has 2 rings (SSSR count). The smallest absolute Gasteiger partial charge is 0.322 e. The summed E-state index contributed by atoms with van der Waals surface area (Å²) in [5, 5.41) is 16.2. The van der Waals surface area contributed by atoms with Gasteiger partial charge in [0.05, 0.1) is 6.04 Å². The molecule has 3 atom stereocenters. The van der Waals surface area contributed by atoms with E-state index in [1.54, 1.807) is 24.3 Å². The highest BCUT2D eigenvalue weighted by molar-refractivity contribution is 5.93. The van der Waals surface area contributed by atoms with E-state index in [1.807, 2.05) is 36.4 Å². The van der Waals surface area contributed by atoms with Crippen LogP contribution in [0.4, 0.5) is 0 Å². The van der Waals surface area contributed by atoms with Gasteiger partial charge >= 0.3 is 5.97 Å². The van der Waals surface area contributed by atoms with Crippen LogP contribution in [-0.2, 0) is 32.0 Å². The van der Waals surface area contributed by atoms with E-state index in [9.17, 15) is 19.2 Å². The molecule has 32 heavy (non-hydrogen) atoms. The molecule has 9 heteroatoms. The van der Waals surface area contributed by atoms with Crippen LogP contribution in [0.2, 0.25) is 0 Å². The third-order valence-corrected chi connectivity index (χ3v) is 4.72. The summed E-state index contributed by atoms with van der Waals surface area (Å²) < 4.78 is 0. The molecule has 0 saturated heterocycles. The molecule has 0 aromatic heterocycles. The Labute approximate surface area is 186 Å². The second-order valence-electron chi connectivity index (χ2n) is 7.39. The largest absolute Gasteiger partial charge is 0.480 e. The lowest BCUT2D eigenvalue weighted by atomic mass is 10.0. The van der Waals surface area contributed by atoms with Gasteiger partial charge in [-0.25, -0.2) is 0 Å². The highest BCUT2D eigenvalue weighted by atomic mass is 16.4. The number of nitrogens with one attached hydrogen (secondary N) is 3. The van der Waals surface area contributed by atoms with Crippen molar-refractivity contribution in [2.24, 2.45) is 5.73 Å². The number of carboxylic acid groups (broad SMARTS) is 1. The van der Waals surface area contributed by atoms with Crippen molar-refractivity contribution in [1.82, 2.24) is 16.0 Å². The second-order valence-corrected chi connectivity index (χ2v) is 7.39. The molecule has 2 aromatic carbocycles.